The number of halogens is 2. The molecule has 0 aliphatic carbocycles. The van der Waals surface area contributed by atoms with Crippen LogP contribution in [-0.2, 0) is 6.54 Å². The van der Waals surface area contributed by atoms with Crippen LogP contribution in [0, 0.1) is 17.0 Å². The molecule has 4 heterocycles. The summed E-state index contributed by atoms with van der Waals surface area (Å²) in [5.74, 6) is -0.216. The van der Waals surface area contributed by atoms with Crippen LogP contribution in [0.1, 0.15) is 5.69 Å². The van der Waals surface area contributed by atoms with E-state index in [1.807, 2.05) is 13.0 Å². The van der Waals surface area contributed by atoms with Crippen molar-refractivity contribution in [3.8, 4) is 22.6 Å². The third kappa shape index (κ3) is 3.08. The van der Waals surface area contributed by atoms with Gasteiger partial charge in [-0.3, -0.25) is 4.98 Å². The van der Waals surface area contributed by atoms with Gasteiger partial charge in [0.05, 0.1) is 24.3 Å². The summed E-state index contributed by atoms with van der Waals surface area (Å²) in [6.07, 6.45) is 1.39. The number of hydrogen-bond donors (Lipinski definition) is 0. The molecule has 0 spiro atoms. The van der Waals surface area contributed by atoms with Crippen LogP contribution in [-0.4, -0.2) is 35.3 Å². The molecule has 4 aromatic rings. The summed E-state index contributed by atoms with van der Waals surface area (Å²) in [6, 6.07) is 8.63. The molecular weight excluding hydrogens is 370 g/mol. The van der Waals surface area contributed by atoms with Gasteiger partial charge in [0.2, 0.25) is 5.65 Å². The van der Waals surface area contributed by atoms with Crippen molar-refractivity contribution in [1.82, 2.24) is 23.9 Å². The maximum Gasteiger partial charge on any atom is 0.347 e. The molecule has 4 aromatic heterocycles. The van der Waals surface area contributed by atoms with E-state index in [2.05, 4.69) is 15.0 Å². The van der Waals surface area contributed by atoms with Gasteiger partial charge in [0.25, 0.3) is 6.43 Å². The molecule has 0 saturated heterocycles. The van der Waals surface area contributed by atoms with E-state index in [-0.39, 0.29) is 5.82 Å². The predicted molar refractivity (Wildman–Crippen MR) is 97.0 cm³/mol. The van der Waals surface area contributed by atoms with Gasteiger partial charge in [0, 0.05) is 17.3 Å². The van der Waals surface area contributed by atoms with Gasteiger partial charge >= 0.3 is 5.82 Å². The molecule has 0 fully saturated rings. The summed E-state index contributed by atoms with van der Waals surface area (Å²) >= 11 is 0. The first kappa shape index (κ1) is 17.7. The van der Waals surface area contributed by atoms with Gasteiger partial charge in [-0.1, -0.05) is 6.07 Å². The van der Waals surface area contributed by atoms with Crippen molar-refractivity contribution in [2.24, 2.45) is 0 Å². The quantitative estimate of drug-likeness (QED) is 0.386. The largest absolute Gasteiger partial charge is 0.358 e. The molecule has 142 valence electrons. The Hall–Kier alpha value is -3.69. The standard InChI is InChI=1S/C18H14F2N6O2/c1-11-3-2-4-13(23-11)17-18(24(10-22-17)9-14(19)20)12-5-6-15-21-7-16(26(27)28)25(15)8-12/h2-8,10,14H,9H2,1H3. The van der Waals surface area contributed by atoms with Crippen molar-refractivity contribution in [3.05, 3.63) is 64.9 Å². The van der Waals surface area contributed by atoms with Gasteiger partial charge in [0.15, 0.2) is 0 Å². The lowest BCUT2D eigenvalue weighted by Gasteiger charge is -2.10. The molecule has 0 aliphatic rings. The number of alkyl halides is 2. The minimum Gasteiger partial charge on any atom is -0.358 e. The summed E-state index contributed by atoms with van der Waals surface area (Å²) in [4.78, 5) is 23.4. The average Bonchev–Trinajstić information content (AvgIpc) is 3.24. The molecule has 28 heavy (non-hydrogen) atoms. The Morgan fingerprint density at radius 1 is 1.21 bits per heavy atom. The SMILES string of the molecule is Cc1cccc(-c2ncn(CC(F)F)c2-c2ccc3ncc([N+](=O)[O-])n3c2)n1. The van der Waals surface area contributed by atoms with E-state index in [1.54, 1.807) is 24.3 Å². The second-order valence-electron chi connectivity index (χ2n) is 6.17. The average molecular weight is 384 g/mol. The minimum atomic E-state index is -2.59. The van der Waals surface area contributed by atoms with Crippen molar-refractivity contribution in [3.63, 3.8) is 0 Å². The number of nitrogens with zero attached hydrogens (tertiary/aromatic N) is 6. The Morgan fingerprint density at radius 2 is 2.04 bits per heavy atom. The molecule has 8 nitrogen and oxygen atoms in total. The highest BCUT2D eigenvalue weighted by Crippen LogP contribution is 2.32. The van der Waals surface area contributed by atoms with Crippen molar-refractivity contribution < 1.29 is 13.7 Å². The fraction of sp³-hybridized carbons (Fsp3) is 0.167. The molecule has 0 aromatic carbocycles. The molecule has 10 heteroatoms. The number of rotatable bonds is 5. The summed E-state index contributed by atoms with van der Waals surface area (Å²) in [5, 5.41) is 11.2. The van der Waals surface area contributed by atoms with Gasteiger partial charge in [0.1, 0.15) is 18.1 Å². The molecule has 0 bridgehead atoms. The first-order chi connectivity index (χ1) is 13.4. The van der Waals surface area contributed by atoms with Crippen molar-refractivity contribution in [2.45, 2.75) is 19.9 Å². The number of hydrogen-bond acceptors (Lipinski definition) is 5. The van der Waals surface area contributed by atoms with E-state index >= 15 is 0 Å². The lowest BCUT2D eigenvalue weighted by atomic mass is 10.1. The zero-order chi connectivity index (χ0) is 19.8. The smallest absolute Gasteiger partial charge is 0.347 e. The topological polar surface area (TPSA) is 91.1 Å². The van der Waals surface area contributed by atoms with Gasteiger partial charge in [-0.15, -0.1) is 0 Å². The first-order valence-corrected chi connectivity index (χ1v) is 8.33. The number of fused-ring (bicyclic) bond motifs is 1. The van der Waals surface area contributed by atoms with Crippen LogP contribution in [0.3, 0.4) is 0 Å². The second kappa shape index (κ2) is 6.80. The van der Waals surface area contributed by atoms with Gasteiger partial charge in [-0.25, -0.2) is 18.7 Å². The highest BCUT2D eigenvalue weighted by Gasteiger charge is 2.21. The van der Waals surface area contributed by atoms with E-state index < -0.39 is 17.9 Å². The number of nitro groups is 1. The zero-order valence-electron chi connectivity index (χ0n) is 14.7. The van der Waals surface area contributed by atoms with E-state index in [0.29, 0.717) is 28.3 Å². The lowest BCUT2D eigenvalue weighted by Crippen LogP contribution is -2.07. The van der Waals surface area contributed by atoms with Gasteiger partial charge < -0.3 is 14.7 Å². The molecular formula is C18H14F2N6O2. The van der Waals surface area contributed by atoms with Crippen LogP contribution in [0.4, 0.5) is 14.6 Å². The highest BCUT2D eigenvalue weighted by atomic mass is 19.3. The molecule has 0 aliphatic heterocycles. The van der Waals surface area contributed by atoms with Crippen LogP contribution < -0.4 is 0 Å². The van der Waals surface area contributed by atoms with E-state index in [9.17, 15) is 18.9 Å². The number of pyridine rings is 2. The molecule has 0 N–H and O–H groups in total. The lowest BCUT2D eigenvalue weighted by molar-refractivity contribution is -0.390. The zero-order valence-corrected chi connectivity index (χ0v) is 14.7. The Morgan fingerprint density at radius 3 is 2.75 bits per heavy atom. The first-order valence-electron chi connectivity index (χ1n) is 8.33. The maximum atomic E-state index is 13.1. The molecule has 0 atom stereocenters. The Balaban J connectivity index is 1.94. The molecule has 4 rings (SSSR count). The van der Waals surface area contributed by atoms with Crippen molar-refractivity contribution in [2.75, 3.05) is 0 Å². The van der Waals surface area contributed by atoms with E-state index in [4.69, 9.17) is 0 Å². The molecule has 0 saturated carbocycles. The molecule has 0 radical (unpaired) electrons. The number of imidazole rings is 2. The predicted octanol–water partition coefficient (Wildman–Crippen LogP) is 3.74. The fourth-order valence-corrected chi connectivity index (χ4v) is 3.08. The van der Waals surface area contributed by atoms with Gasteiger partial charge in [-0.05, 0) is 30.0 Å². The normalized spacial score (nSPS) is 11.4. The number of aromatic nitrogens is 5. The van der Waals surface area contributed by atoms with Crippen molar-refractivity contribution in [1.29, 1.82) is 0 Å². The molecule has 0 unspecified atom stereocenters. The Bertz CT molecular complexity index is 1180. The van der Waals surface area contributed by atoms with Crippen LogP contribution >= 0.6 is 0 Å². The van der Waals surface area contributed by atoms with E-state index in [0.717, 1.165) is 11.9 Å². The summed E-state index contributed by atoms with van der Waals surface area (Å²) in [5.41, 5.74) is 2.99. The third-order valence-electron chi connectivity index (χ3n) is 4.25. The van der Waals surface area contributed by atoms with Crippen LogP contribution in [0.5, 0.6) is 0 Å². The summed E-state index contributed by atoms with van der Waals surface area (Å²) in [7, 11) is 0. The van der Waals surface area contributed by atoms with Crippen molar-refractivity contribution >= 4 is 11.5 Å². The second-order valence-corrected chi connectivity index (χ2v) is 6.17. The maximum absolute atomic E-state index is 13.1. The summed E-state index contributed by atoms with van der Waals surface area (Å²) < 4.78 is 28.8. The van der Waals surface area contributed by atoms with Crippen LogP contribution in [0.2, 0.25) is 0 Å². The summed E-state index contributed by atoms with van der Waals surface area (Å²) in [6.45, 7) is 1.26. The number of aryl methyl sites for hydroxylation is 1. The highest BCUT2D eigenvalue weighted by molar-refractivity contribution is 5.77. The molecule has 0 amide bonds. The Kier molecular flexibility index (Phi) is 4.30. The minimum absolute atomic E-state index is 0.216. The van der Waals surface area contributed by atoms with Crippen LogP contribution in [0.15, 0.2) is 49.1 Å². The third-order valence-corrected chi connectivity index (χ3v) is 4.25. The Labute approximate surface area is 157 Å². The van der Waals surface area contributed by atoms with Gasteiger partial charge in [-0.2, -0.15) is 4.40 Å². The van der Waals surface area contributed by atoms with Crippen LogP contribution in [0.25, 0.3) is 28.3 Å². The van der Waals surface area contributed by atoms with E-state index in [1.165, 1.54) is 21.5 Å². The fourth-order valence-electron chi connectivity index (χ4n) is 3.08. The monoisotopic (exact) mass is 384 g/mol.